The average molecular weight is 387 g/mol. The van der Waals surface area contributed by atoms with Crippen LogP contribution in [0, 0.1) is 0 Å². The van der Waals surface area contributed by atoms with Gasteiger partial charge < -0.3 is 19.2 Å². The molecule has 0 spiro atoms. The van der Waals surface area contributed by atoms with E-state index in [9.17, 15) is 4.79 Å². The van der Waals surface area contributed by atoms with Crippen LogP contribution in [0.2, 0.25) is 0 Å². The molecule has 0 amide bonds. The summed E-state index contributed by atoms with van der Waals surface area (Å²) in [5.41, 5.74) is 1.88. The molecule has 1 aromatic heterocycles. The van der Waals surface area contributed by atoms with Gasteiger partial charge in [-0.15, -0.1) is 0 Å². The highest BCUT2D eigenvalue weighted by Gasteiger charge is 2.24. The van der Waals surface area contributed by atoms with E-state index >= 15 is 0 Å². The summed E-state index contributed by atoms with van der Waals surface area (Å²) in [6.07, 6.45) is 2.86. The monoisotopic (exact) mass is 387 g/mol. The van der Waals surface area contributed by atoms with E-state index in [0.717, 1.165) is 56.0 Å². The number of aryl methyl sites for hydroxylation is 1. The maximum absolute atomic E-state index is 11.9. The molecule has 1 unspecified atom stereocenters. The summed E-state index contributed by atoms with van der Waals surface area (Å²) in [6.45, 7) is 4.64. The number of aromatic nitrogens is 2. The largest absolute Gasteiger partial charge is 0.493 e. The Morgan fingerprint density at radius 3 is 2.46 bits per heavy atom. The lowest BCUT2D eigenvalue weighted by Crippen LogP contribution is -2.35. The zero-order valence-electron chi connectivity index (χ0n) is 17.1. The quantitative estimate of drug-likeness (QED) is 0.787. The maximum atomic E-state index is 11.9. The topological polar surface area (TPSA) is 76.7 Å². The number of nitrogens with zero attached hydrogens (tertiary/aromatic N) is 2. The molecule has 1 fully saturated rings. The molecular weight excluding hydrogens is 358 g/mol. The zero-order chi connectivity index (χ0) is 20.1. The molecule has 28 heavy (non-hydrogen) atoms. The minimum atomic E-state index is -0.0661. The van der Waals surface area contributed by atoms with Crippen molar-refractivity contribution in [3.05, 3.63) is 45.6 Å². The number of H-pyrrole nitrogens is 1. The number of aromatic amines is 1. The van der Waals surface area contributed by atoms with E-state index in [0.29, 0.717) is 17.2 Å². The summed E-state index contributed by atoms with van der Waals surface area (Å²) < 4.78 is 16.3. The highest BCUT2D eigenvalue weighted by Crippen LogP contribution is 2.38. The molecule has 152 valence electrons. The summed E-state index contributed by atoms with van der Waals surface area (Å²) >= 11 is 0. The minimum Gasteiger partial charge on any atom is -0.493 e. The van der Waals surface area contributed by atoms with Gasteiger partial charge in [-0.1, -0.05) is 6.92 Å². The predicted molar refractivity (Wildman–Crippen MR) is 108 cm³/mol. The molecule has 0 saturated carbocycles. The number of likely N-dealkylation sites (tertiary alicyclic amines) is 1. The van der Waals surface area contributed by atoms with E-state index in [2.05, 4.69) is 14.9 Å². The van der Waals surface area contributed by atoms with E-state index in [1.807, 2.05) is 19.1 Å². The Hall–Kier alpha value is -2.54. The number of hydrogen-bond donors (Lipinski definition) is 1. The maximum Gasteiger partial charge on any atom is 0.251 e. The molecule has 3 rings (SSSR count). The van der Waals surface area contributed by atoms with Crippen LogP contribution in [0.5, 0.6) is 17.2 Å². The van der Waals surface area contributed by atoms with Crippen molar-refractivity contribution in [3.8, 4) is 17.2 Å². The van der Waals surface area contributed by atoms with E-state index in [4.69, 9.17) is 14.2 Å². The second kappa shape index (κ2) is 9.10. The van der Waals surface area contributed by atoms with Crippen LogP contribution in [0.25, 0.3) is 0 Å². The van der Waals surface area contributed by atoms with Gasteiger partial charge in [0.25, 0.3) is 5.56 Å². The summed E-state index contributed by atoms with van der Waals surface area (Å²) in [5, 5.41) is 0. The fourth-order valence-electron chi connectivity index (χ4n) is 3.81. The van der Waals surface area contributed by atoms with E-state index in [1.165, 1.54) is 0 Å². The smallest absolute Gasteiger partial charge is 0.251 e. The molecular formula is C21H29N3O4. The van der Waals surface area contributed by atoms with Gasteiger partial charge in [-0.25, -0.2) is 4.98 Å². The van der Waals surface area contributed by atoms with Gasteiger partial charge in [0.2, 0.25) is 5.75 Å². The van der Waals surface area contributed by atoms with Crippen LogP contribution >= 0.6 is 0 Å². The lowest BCUT2D eigenvalue weighted by molar-refractivity contribution is 0.195. The number of benzene rings is 1. The first-order valence-corrected chi connectivity index (χ1v) is 9.69. The Bertz CT molecular complexity index is 840. The molecule has 2 aromatic rings. The van der Waals surface area contributed by atoms with Crippen molar-refractivity contribution in [1.82, 2.24) is 14.9 Å². The summed E-state index contributed by atoms with van der Waals surface area (Å²) in [6, 6.07) is 5.56. The van der Waals surface area contributed by atoms with Gasteiger partial charge in [0.1, 0.15) is 5.82 Å². The molecule has 2 heterocycles. The summed E-state index contributed by atoms with van der Waals surface area (Å²) in [5.74, 6) is 2.96. The lowest BCUT2D eigenvalue weighted by Gasteiger charge is -2.32. The Labute approximate surface area is 165 Å². The van der Waals surface area contributed by atoms with E-state index in [1.54, 1.807) is 27.4 Å². The van der Waals surface area contributed by atoms with Crippen molar-refractivity contribution in [1.29, 1.82) is 0 Å². The number of piperidine rings is 1. The molecule has 1 N–H and O–H groups in total. The van der Waals surface area contributed by atoms with Crippen molar-refractivity contribution in [3.63, 3.8) is 0 Å². The molecule has 7 heteroatoms. The van der Waals surface area contributed by atoms with Crippen LogP contribution in [-0.2, 0) is 13.0 Å². The zero-order valence-corrected chi connectivity index (χ0v) is 17.1. The molecule has 7 nitrogen and oxygen atoms in total. The highest BCUT2D eigenvalue weighted by molar-refractivity contribution is 5.53. The Morgan fingerprint density at radius 1 is 1.14 bits per heavy atom. The van der Waals surface area contributed by atoms with Crippen LogP contribution in [0.4, 0.5) is 0 Å². The molecule has 1 saturated heterocycles. The molecule has 0 radical (unpaired) electrons. The van der Waals surface area contributed by atoms with E-state index in [-0.39, 0.29) is 11.5 Å². The standard InChI is InChI=1S/C21H29N3O4/c1-5-16-11-19(25)23-21(22-16)15-7-6-8-24(13-15)12-14-9-17(26-2)20(28-4)18(10-14)27-3/h9-11,15H,5-8,12-13H2,1-4H3,(H,22,23,25). The lowest BCUT2D eigenvalue weighted by atomic mass is 9.96. The number of rotatable bonds is 7. The first-order valence-electron chi connectivity index (χ1n) is 9.69. The molecule has 1 aromatic carbocycles. The molecule has 1 atom stereocenters. The molecule has 0 aliphatic carbocycles. The van der Waals surface area contributed by atoms with E-state index < -0.39 is 0 Å². The number of hydrogen-bond acceptors (Lipinski definition) is 6. The van der Waals surface area contributed by atoms with Gasteiger partial charge in [-0.05, 0) is 43.5 Å². The first-order chi connectivity index (χ1) is 13.6. The van der Waals surface area contributed by atoms with Gasteiger partial charge in [0.15, 0.2) is 11.5 Å². The van der Waals surface area contributed by atoms with Crippen LogP contribution in [0.3, 0.4) is 0 Å². The fourth-order valence-corrected chi connectivity index (χ4v) is 3.81. The van der Waals surface area contributed by atoms with Crippen molar-refractivity contribution < 1.29 is 14.2 Å². The Morgan fingerprint density at radius 2 is 1.86 bits per heavy atom. The first kappa shape index (κ1) is 20.2. The molecule has 0 bridgehead atoms. The third kappa shape index (κ3) is 4.47. The SMILES string of the molecule is CCc1cc(=O)[nH]c(C2CCCN(Cc3cc(OC)c(OC)c(OC)c3)C2)n1. The van der Waals surface area contributed by atoms with Gasteiger partial charge >= 0.3 is 0 Å². The fraction of sp³-hybridized carbons (Fsp3) is 0.524. The average Bonchev–Trinajstić information content (AvgIpc) is 2.72. The van der Waals surface area contributed by atoms with Gasteiger partial charge in [0.05, 0.1) is 21.3 Å². The molecule has 1 aliphatic heterocycles. The predicted octanol–water partition coefficient (Wildman–Crippen LogP) is 2.74. The second-order valence-corrected chi connectivity index (χ2v) is 7.08. The Kier molecular flexibility index (Phi) is 6.57. The van der Waals surface area contributed by atoms with Crippen LogP contribution < -0.4 is 19.8 Å². The molecule has 1 aliphatic rings. The number of methoxy groups -OCH3 is 3. The van der Waals surface area contributed by atoms with Crippen molar-refractivity contribution in [2.75, 3.05) is 34.4 Å². The van der Waals surface area contributed by atoms with Gasteiger partial charge in [-0.2, -0.15) is 0 Å². The van der Waals surface area contributed by atoms with Gasteiger partial charge in [0, 0.05) is 30.8 Å². The van der Waals surface area contributed by atoms with Crippen LogP contribution in [0.15, 0.2) is 23.0 Å². The highest BCUT2D eigenvalue weighted by atomic mass is 16.5. The van der Waals surface area contributed by atoms with Crippen molar-refractivity contribution in [2.24, 2.45) is 0 Å². The van der Waals surface area contributed by atoms with Crippen LogP contribution in [-0.4, -0.2) is 49.3 Å². The van der Waals surface area contributed by atoms with Crippen molar-refractivity contribution >= 4 is 0 Å². The number of nitrogens with one attached hydrogen (secondary N) is 1. The summed E-state index contributed by atoms with van der Waals surface area (Å²) in [4.78, 5) is 21.9. The summed E-state index contributed by atoms with van der Waals surface area (Å²) in [7, 11) is 4.86. The third-order valence-electron chi connectivity index (χ3n) is 5.20. The van der Waals surface area contributed by atoms with Crippen molar-refractivity contribution in [2.45, 2.75) is 38.6 Å². The van der Waals surface area contributed by atoms with Crippen LogP contribution in [0.1, 0.15) is 42.8 Å². The normalized spacial score (nSPS) is 17.4. The number of ether oxygens (including phenoxy) is 3. The minimum absolute atomic E-state index is 0.0661. The van der Waals surface area contributed by atoms with Gasteiger partial charge in [-0.3, -0.25) is 9.69 Å². The Balaban J connectivity index is 1.78. The second-order valence-electron chi connectivity index (χ2n) is 7.08. The third-order valence-corrected chi connectivity index (χ3v) is 5.20.